The van der Waals surface area contributed by atoms with Crippen molar-refractivity contribution in [1.82, 2.24) is 10.2 Å². The van der Waals surface area contributed by atoms with Crippen LogP contribution in [0.2, 0.25) is 0 Å². The van der Waals surface area contributed by atoms with Crippen molar-refractivity contribution in [2.45, 2.75) is 45.4 Å². The summed E-state index contributed by atoms with van der Waals surface area (Å²) in [4.78, 5) is 35.4. The zero-order valence-corrected chi connectivity index (χ0v) is 16.0. The summed E-state index contributed by atoms with van der Waals surface area (Å²) in [5.41, 5.74) is 0.260. The molecule has 0 bridgehead atoms. The van der Waals surface area contributed by atoms with Crippen LogP contribution in [0.15, 0.2) is 30.3 Å². The highest BCUT2D eigenvalue weighted by atomic mass is 17.2. The van der Waals surface area contributed by atoms with Gasteiger partial charge < -0.3 is 20.1 Å². The number of hydrogen-bond donors (Lipinski definition) is 2. The summed E-state index contributed by atoms with van der Waals surface area (Å²) < 4.78 is 5.37. The molecule has 27 heavy (non-hydrogen) atoms. The van der Waals surface area contributed by atoms with Gasteiger partial charge in [-0.1, -0.05) is 30.3 Å². The average Bonchev–Trinajstić information content (AvgIpc) is 2.61. The molecule has 0 saturated carbocycles. The molecular weight excluding hydrogens is 352 g/mol. The van der Waals surface area contributed by atoms with Gasteiger partial charge in [0.15, 0.2) is 0 Å². The van der Waals surface area contributed by atoms with E-state index in [2.05, 4.69) is 5.32 Å². The fraction of sp³-hybridized carbons (Fsp3) is 0.579. The minimum absolute atomic E-state index is 0.0863. The maximum atomic E-state index is 12.3. The molecule has 0 aliphatic carbocycles. The van der Waals surface area contributed by atoms with Gasteiger partial charge in [0.1, 0.15) is 12.2 Å². The van der Waals surface area contributed by atoms with Gasteiger partial charge in [0.25, 0.3) is 0 Å². The van der Waals surface area contributed by atoms with E-state index >= 15 is 0 Å². The maximum absolute atomic E-state index is 12.3. The fourth-order valence-electron chi connectivity index (χ4n) is 2.83. The molecule has 2 unspecified atom stereocenters. The molecule has 2 rings (SSSR count). The van der Waals surface area contributed by atoms with Crippen molar-refractivity contribution in [3.63, 3.8) is 0 Å². The smallest absolute Gasteiger partial charge is 0.438 e. The zero-order valence-electron chi connectivity index (χ0n) is 16.0. The Morgan fingerprint density at radius 2 is 1.93 bits per heavy atom. The van der Waals surface area contributed by atoms with E-state index in [0.717, 1.165) is 5.56 Å². The molecule has 1 aliphatic heterocycles. The summed E-state index contributed by atoms with van der Waals surface area (Å²) in [5.74, 6) is -0.151. The number of piperidine rings is 1. The second-order valence-corrected chi connectivity index (χ2v) is 7.63. The van der Waals surface area contributed by atoms with Gasteiger partial charge in [-0.05, 0) is 32.8 Å². The molecule has 1 heterocycles. The Labute approximate surface area is 159 Å². The molecule has 8 heteroatoms. The van der Waals surface area contributed by atoms with Gasteiger partial charge in [-0.3, -0.25) is 4.89 Å². The molecule has 2 amide bonds. The highest BCUT2D eigenvalue weighted by Gasteiger charge is 2.33. The summed E-state index contributed by atoms with van der Waals surface area (Å²) in [7, 11) is 0. The Morgan fingerprint density at radius 3 is 2.56 bits per heavy atom. The number of aliphatic hydroxyl groups is 1. The molecule has 0 spiro atoms. The summed E-state index contributed by atoms with van der Waals surface area (Å²) in [6, 6.07) is 8.95. The number of aliphatic hydroxyl groups excluding tert-OH is 1. The molecule has 8 nitrogen and oxygen atoms in total. The van der Waals surface area contributed by atoms with Gasteiger partial charge in [-0.25, -0.2) is 9.59 Å². The first-order valence-electron chi connectivity index (χ1n) is 8.99. The minimum atomic E-state index is -0.737. The molecule has 150 valence electrons. The second-order valence-electron chi connectivity index (χ2n) is 7.63. The van der Waals surface area contributed by atoms with Crippen LogP contribution in [-0.2, 0) is 21.1 Å². The number of nitrogens with one attached hydrogen (secondary N) is 1. The van der Waals surface area contributed by atoms with Crippen LogP contribution in [0.25, 0.3) is 0 Å². The molecule has 1 fully saturated rings. The van der Waals surface area contributed by atoms with E-state index in [1.807, 2.05) is 30.3 Å². The van der Waals surface area contributed by atoms with Crippen LogP contribution in [0.3, 0.4) is 0 Å². The van der Waals surface area contributed by atoms with Crippen molar-refractivity contribution in [3.05, 3.63) is 35.9 Å². The van der Waals surface area contributed by atoms with Crippen LogP contribution >= 0.6 is 0 Å². The number of carbonyl (C=O) groups is 2. The number of likely N-dealkylation sites (tertiary alicyclic amines) is 1. The lowest BCUT2D eigenvalue weighted by Crippen LogP contribution is -2.54. The number of ether oxygens (including phenoxy) is 1. The maximum Gasteiger partial charge on any atom is 0.438 e. The lowest BCUT2D eigenvalue weighted by Gasteiger charge is -2.37. The second kappa shape index (κ2) is 9.57. The third-order valence-corrected chi connectivity index (χ3v) is 3.97. The molecule has 2 N–H and O–H groups in total. The first kappa shape index (κ1) is 21.0. The molecule has 1 aromatic carbocycles. The summed E-state index contributed by atoms with van der Waals surface area (Å²) in [6.45, 7) is 6.07. The molecule has 1 aromatic rings. The van der Waals surface area contributed by atoms with E-state index in [0.29, 0.717) is 13.0 Å². The van der Waals surface area contributed by atoms with Crippen LogP contribution < -0.4 is 5.32 Å². The SMILES string of the molecule is CC(C)(C)OC(=O)N1CC(CO)CC(NC(=O)OOCc2ccccc2)C1. The predicted molar refractivity (Wildman–Crippen MR) is 97.6 cm³/mol. The van der Waals surface area contributed by atoms with Crippen LogP contribution in [-0.4, -0.2) is 53.5 Å². The first-order valence-corrected chi connectivity index (χ1v) is 8.99. The molecular formula is C19H28N2O6. The number of carbonyl (C=O) groups excluding carboxylic acids is 2. The van der Waals surface area contributed by atoms with E-state index in [-0.39, 0.29) is 31.7 Å². The number of rotatable bonds is 5. The summed E-state index contributed by atoms with van der Waals surface area (Å²) >= 11 is 0. The Morgan fingerprint density at radius 1 is 1.22 bits per heavy atom. The fourth-order valence-corrected chi connectivity index (χ4v) is 2.83. The zero-order chi connectivity index (χ0) is 19.9. The van der Waals surface area contributed by atoms with E-state index < -0.39 is 17.8 Å². The summed E-state index contributed by atoms with van der Waals surface area (Å²) in [6.07, 6.45) is -0.677. The molecule has 1 aliphatic rings. The van der Waals surface area contributed by atoms with E-state index in [1.165, 1.54) is 4.90 Å². The van der Waals surface area contributed by atoms with Crippen molar-refractivity contribution in [2.24, 2.45) is 5.92 Å². The molecule has 1 saturated heterocycles. The topological polar surface area (TPSA) is 97.3 Å². The Hall–Kier alpha value is -2.32. The lowest BCUT2D eigenvalue weighted by molar-refractivity contribution is -0.249. The van der Waals surface area contributed by atoms with Gasteiger partial charge >= 0.3 is 12.2 Å². The first-order chi connectivity index (χ1) is 12.8. The van der Waals surface area contributed by atoms with Gasteiger partial charge in [0.05, 0.1) is 6.04 Å². The lowest BCUT2D eigenvalue weighted by atomic mass is 9.95. The highest BCUT2D eigenvalue weighted by Crippen LogP contribution is 2.19. The van der Waals surface area contributed by atoms with Crippen molar-refractivity contribution in [1.29, 1.82) is 0 Å². The summed E-state index contributed by atoms with van der Waals surface area (Å²) in [5, 5.41) is 12.2. The van der Waals surface area contributed by atoms with Gasteiger partial charge in [0.2, 0.25) is 0 Å². The molecule has 0 aromatic heterocycles. The average molecular weight is 380 g/mol. The number of hydrogen-bond acceptors (Lipinski definition) is 6. The van der Waals surface area contributed by atoms with Crippen molar-refractivity contribution in [3.8, 4) is 0 Å². The number of amides is 2. The number of benzene rings is 1. The van der Waals surface area contributed by atoms with Crippen LogP contribution in [0, 0.1) is 5.92 Å². The van der Waals surface area contributed by atoms with Gasteiger partial charge in [-0.2, -0.15) is 4.89 Å². The van der Waals surface area contributed by atoms with Crippen LogP contribution in [0.4, 0.5) is 9.59 Å². The predicted octanol–water partition coefficient (Wildman–Crippen LogP) is 2.46. The number of nitrogens with zero attached hydrogens (tertiary/aromatic N) is 1. The Balaban J connectivity index is 1.82. The van der Waals surface area contributed by atoms with Crippen molar-refractivity contribution < 1.29 is 29.2 Å². The van der Waals surface area contributed by atoms with E-state index in [1.54, 1.807) is 20.8 Å². The largest absolute Gasteiger partial charge is 0.444 e. The Bertz CT molecular complexity index is 616. The minimum Gasteiger partial charge on any atom is -0.444 e. The highest BCUT2D eigenvalue weighted by molar-refractivity contribution is 5.69. The van der Waals surface area contributed by atoms with Crippen LogP contribution in [0.5, 0.6) is 0 Å². The van der Waals surface area contributed by atoms with Gasteiger partial charge in [0, 0.05) is 25.6 Å². The third kappa shape index (κ3) is 7.44. The standard InChI is InChI=1S/C19H28N2O6/c1-19(2,3)26-18(24)21-10-15(12-22)9-16(11-21)20-17(23)27-25-13-14-7-5-4-6-8-14/h4-8,15-16,22H,9-13H2,1-3H3,(H,20,23). The quantitative estimate of drug-likeness (QED) is 0.602. The van der Waals surface area contributed by atoms with Gasteiger partial charge in [-0.15, -0.1) is 0 Å². The van der Waals surface area contributed by atoms with E-state index in [4.69, 9.17) is 14.5 Å². The van der Waals surface area contributed by atoms with Crippen LogP contribution in [0.1, 0.15) is 32.8 Å². The third-order valence-electron chi connectivity index (χ3n) is 3.97. The normalized spacial score (nSPS) is 20.1. The van der Waals surface area contributed by atoms with E-state index in [9.17, 15) is 14.7 Å². The van der Waals surface area contributed by atoms with Crippen molar-refractivity contribution >= 4 is 12.2 Å². The Kier molecular flexibility index (Phi) is 7.44. The monoisotopic (exact) mass is 380 g/mol. The van der Waals surface area contributed by atoms with Crippen molar-refractivity contribution in [2.75, 3.05) is 19.7 Å². The molecule has 2 atom stereocenters. The molecule has 0 radical (unpaired) electrons.